The summed E-state index contributed by atoms with van der Waals surface area (Å²) in [7, 11) is 0. The minimum atomic E-state index is -1.08. The van der Waals surface area contributed by atoms with Gasteiger partial charge in [-0.3, -0.25) is 14.4 Å². The van der Waals surface area contributed by atoms with E-state index in [1.807, 2.05) is 0 Å². The molecule has 32 heavy (non-hydrogen) atoms. The maximum absolute atomic E-state index is 12.1. The zero-order chi connectivity index (χ0) is 24.4. The highest BCUT2D eigenvalue weighted by molar-refractivity contribution is 5.97. The molecule has 0 fully saturated rings. The van der Waals surface area contributed by atoms with Crippen molar-refractivity contribution < 1.29 is 34.4 Å². The third kappa shape index (κ3) is 10.6. The van der Waals surface area contributed by atoms with E-state index in [0.717, 1.165) is 18.4 Å². The van der Waals surface area contributed by atoms with E-state index in [9.17, 15) is 24.6 Å². The van der Waals surface area contributed by atoms with E-state index in [2.05, 4.69) is 39.0 Å². The molecule has 7 nitrogen and oxygen atoms in total. The highest BCUT2D eigenvalue weighted by Crippen LogP contribution is 2.28. The van der Waals surface area contributed by atoms with E-state index in [4.69, 9.17) is 9.84 Å². The normalized spacial score (nSPS) is 23.7. The Bertz CT molecular complexity index is 696. The number of carbonyl (C=O) groups excluding carboxylic acids is 2. The number of aliphatic carboxylic acids is 1. The Morgan fingerprint density at radius 1 is 1.16 bits per heavy atom. The molecule has 0 aliphatic heterocycles. The lowest BCUT2D eigenvalue weighted by molar-refractivity contribution is -0.156. The smallest absolute Gasteiger partial charge is 0.316 e. The van der Waals surface area contributed by atoms with Crippen LogP contribution in [0.5, 0.6) is 0 Å². The van der Waals surface area contributed by atoms with Crippen LogP contribution in [-0.4, -0.2) is 51.4 Å². The average Bonchev–Trinajstić information content (AvgIpc) is 2.68. The second-order valence-corrected chi connectivity index (χ2v) is 9.46. The SMILES string of the molecule is CC(=O)[C@H](C)C(=O)O[C@@H]1CC(/C=C\[C@H](C)[C@@H](C)CC[C@@H](O)C[C@@H](O)CC(=O)O)=C[C@H](C)C1. The summed E-state index contributed by atoms with van der Waals surface area (Å²) >= 11 is 0. The van der Waals surface area contributed by atoms with Crippen molar-refractivity contribution in [2.75, 3.05) is 0 Å². The number of ether oxygens (including phenoxy) is 1. The van der Waals surface area contributed by atoms with Crippen molar-refractivity contribution in [2.24, 2.45) is 23.7 Å². The second-order valence-electron chi connectivity index (χ2n) is 9.46. The van der Waals surface area contributed by atoms with Gasteiger partial charge in [-0.15, -0.1) is 0 Å². The van der Waals surface area contributed by atoms with Crippen LogP contribution in [0.2, 0.25) is 0 Å². The van der Waals surface area contributed by atoms with Gasteiger partial charge in [-0.2, -0.15) is 0 Å². The average molecular weight is 453 g/mol. The summed E-state index contributed by atoms with van der Waals surface area (Å²) in [6.07, 6.45) is 6.71. The van der Waals surface area contributed by atoms with Gasteiger partial charge in [0.05, 0.1) is 18.6 Å². The van der Waals surface area contributed by atoms with Crippen molar-refractivity contribution >= 4 is 17.7 Å². The predicted molar refractivity (Wildman–Crippen MR) is 122 cm³/mol. The van der Waals surface area contributed by atoms with Crippen LogP contribution in [0.3, 0.4) is 0 Å². The molecule has 0 aromatic rings. The summed E-state index contributed by atoms with van der Waals surface area (Å²) in [5.74, 6) is -1.65. The number of rotatable bonds is 13. The van der Waals surface area contributed by atoms with E-state index in [1.165, 1.54) is 6.92 Å². The van der Waals surface area contributed by atoms with Crippen LogP contribution in [0.15, 0.2) is 23.8 Å². The summed E-state index contributed by atoms with van der Waals surface area (Å²) in [6.45, 7) is 9.24. The van der Waals surface area contributed by atoms with Crippen LogP contribution in [0.4, 0.5) is 0 Å². The zero-order valence-electron chi connectivity index (χ0n) is 20.0. The van der Waals surface area contributed by atoms with Gasteiger partial charge in [0.25, 0.3) is 0 Å². The van der Waals surface area contributed by atoms with Gasteiger partial charge in [0, 0.05) is 6.42 Å². The molecule has 0 heterocycles. The van der Waals surface area contributed by atoms with Gasteiger partial charge in [-0.1, -0.05) is 39.0 Å². The van der Waals surface area contributed by atoms with Crippen molar-refractivity contribution in [1.29, 1.82) is 0 Å². The fourth-order valence-corrected chi connectivity index (χ4v) is 3.81. The van der Waals surface area contributed by atoms with Crippen molar-refractivity contribution in [1.82, 2.24) is 0 Å². The highest BCUT2D eigenvalue weighted by atomic mass is 16.5. The van der Waals surface area contributed by atoms with Gasteiger partial charge >= 0.3 is 11.9 Å². The number of aliphatic hydroxyl groups excluding tert-OH is 2. The zero-order valence-corrected chi connectivity index (χ0v) is 20.0. The minimum Gasteiger partial charge on any atom is -0.481 e. The maximum Gasteiger partial charge on any atom is 0.316 e. The van der Waals surface area contributed by atoms with Gasteiger partial charge in [0.2, 0.25) is 0 Å². The van der Waals surface area contributed by atoms with Crippen LogP contribution in [0, 0.1) is 23.7 Å². The number of ketones is 1. The number of carboxylic acids is 1. The van der Waals surface area contributed by atoms with E-state index in [1.54, 1.807) is 6.92 Å². The lowest BCUT2D eigenvalue weighted by Crippen LogP contribution is -2.29. The Balaban J connectivity index is 2.53. The first-order valence-corrected chi connectivity index (χ1v) is 11.6. The van der Waals surface area contributed by atoms with Gasteiger partial charge < -0.3 is 20.1 Å². The molecule has 7 heteroatoms. The van der Waals surface area contributed by atoms with Crippen LogP contribution < -0.4 is 0 Å². The number of Topliss-reactive ketones (excluding diaryl/α,β-unsaturated/α-hetero) is 1. The van der Waals surface area contributed by atoms with Crippen LogP contribution in [0.1, 0.15) is 73.1 Å². The van der Waals surface area contributed by atoms with E-state index in [0.29, 0.717) is 18.8 Å². The molecular weight excluding hydrogens is 412 g/mol. The highest BCUT2D eigenvalue weighted by Gasteiger charge is 2.26. The first kappa shape index (κ1) is 28.0. The maximum atomic E-state index is 12.1. The summed E-state index contributed by atoms with van der Waals surface area (Å²) in [5.41, 5.74) is 1.10. The van der Waals surface area contributed by atoms with Crippen LogP contribution in [-0.2, 0) is 19.1 Å². The van der Waals surface area contributed by atoms with Gasteiger partial charge in [0.15, 0.2) is 0 Å². The lowest BCUT2D eigenvalue weighted by atomic mass is 9.86. The number of esters is 1. The monoisotopic (exact) mass is 452 g/mol. The third-order valence-corrected chi connectivity index (χ3v) is 6.26. The molecule has 0 aromatic heterocycles. The summed E-state index contributed by atoms with van der Waals surface area (Å²) < 4.78 is 5.57. The molecule has 1 aliphatic carbocycles. The molecule has 1 aliphatic rings. The van der Waals surface area contributed by atoms with Gasteiger partial charge in [0.1, 0.15) is 17.8 Å². The van der Waals surface area contributed by atoms with E-state index in [-0.39, 0.29) is 36.6 Å². The molecule has 0 aromatic carbocycles. The van der Waals surface area contributed by atoms with Gasteiger partial charge in [-0.25, -0.2) is 0 Å². The standard InChI is InChI=1S/C25H40O7/c1-15-10-20(12-23(11-15)32-25(31)18(4)19(5)26)8-6-16(2)17(3)7-9-21(27)13-22(28)14-24(29)30/h6,8,10,15-18,21-23,27-28H,7,9,11-14H2,1-5H3,(H,29,30)/b8-6-/t15-,16-,17-,18-,21+,22+,23-/m0/s1. The molecule has 7 atom stereocenters. The molecule has 0 saturated heterocycles. The molecule has 0 unspecified atom stereocenters. The summed E-state index contributed by atoms with van der Waals surface area (Å²) in [5, 5.41) is 28.4. The summed E-state index contributed by atoms with van der Waals surface area (Å²) in [4.78, 5) is 34.1. The molecule has 182 valence electrons. The number of carbonyl (C=O) groups is 3. The Morgan fingerprint density at radius 2 is 1.81 bits per heavy atom. The molecule has 0 spiro atoms. The topological polar surface area (TPSA) is 121 Å². The minimum absolute atomic E-state index is 0.0658. The van der Waals surface area contributed by atoms with Gasteiger partial charge in [-0.05, 0) is 62.9 Å². The Kier molecular flexibility index (Phi) is 11.9. The van der Waals surface area contributed by atoms with E-state index >= 15 is 0 Å². The predicted octanol–water partition coefficient (Wildman–Crippen LogP) is 3.67. The molecule has 0 radical (unpaired) electrons. The fourth-order valence-electron chi connectivity index (χ4n) is 3.81. The molecule has 0 bridgehead atoms. The Morgan fingerprint density at radius 3 is 2.41 bits per heavy atom. The lowest BCUT2D eigenvalue weighted by Gasteiger charge is -2.27. The first-order valence-electron chi connectivity index (χ1n) is 11.6. The molecule has 0 saturated carbocycles. The Hall–Kier alpha value is -1.99. The molecule has 0 amide bonds. The van der Waals surface area contributed by atoms with Crippen molar-refractivity contribution in [3.8, 4) is 0 Å². The molecular formula is C25H40O7. The number of allylic oxidation sites excluding steroid dienone is 3. The number of hydrogen-bond donors (Lipinski definition) is 3. The van der Waals surface area contributed by atoms with Crippen LogP contribution >= 0.6 is 0 Å². The van der Waals surface area contributed by atoms with Crippen molar-refractivity contribution in [3.05, 3.63) is 23.8 Å². The van der Waals surface area contributed by atoms with Crippen LogP contribution in [0.25, 0.3) is 0 Å². The summed E-state index contributed by atoms with van der Waals surface area (Å²) in [6, 6.07) is 0. The van der Waals surface area contributed by atoms with E-state index < -0.39 is 30.1 Å². The molecule has 1 rings (SSSR count). The quantitative estimate of drug-likeness (QED) is 0.288. The third-order valence-electron chi connectivity index (χ3n) is 6.26. The van der Waals surface area contributed by atoms with Crippen molar-refractivity contribution in [2.45, 2.75) is 91.5 Å². The first-order chi connectivity index (χ1) is 14.9. The number of aliphatic hydroxyl groups is 2. The number of carboxylic acid groups (broad SMARTS) is 1. The Labute approximate surface area is 191 Å². The number of hydrogen-bond acceptors (Lipinski definition) is 6. The largest absolute Gasteiger partial charge is 0.481 e. The second kappa shape index (κ2) is 13.5. The fraction of sp³-hybridized carbons (Fsp3) is 0.720. The molecule has 3 N–H and O–H groups in total. The van der Waals surface area contributed by atoms with Crippen molar-refractivity contribution in [3.63, 3.8) is 0 Å².